The Kier molecular flexibility index (Phi) is 3.62. The van der Waals surface area contributed by atoms with E-state index in [9.17, 15) is 17.6 Å². The first-order valence-corrected chi connectivity index (χ1v) is 6.82. The van der Waals surface area contributed by atoms with Gasteiger partial charge in [0.05, 0.1) is 5.56 Å². The van der Waals surface area contributed by atoms with E-state index in [2.05, 4.69) is 15.9 Å². The molecule has 0 aromatic heterocycles. The van der Waals surface area contributed by atoms with Crippen molar-refractivity contribution < 1.29 is 17.6 Å². The minimum atomic E-state index is -3.57. The lowest BCUT2D eigenvalue weighted by atomic mass is 10.1. The van der Waals surface area contributed by atoms with Crippen LogP contribution in [0, 0.1) is 5.82 Å². The Morgan fingerprint density at radius 3 is 2.40 bits per heavy atom. The maximum absolute atomic E-state index is 13.2. The van der Waals surface area contributed by atoms with Gasteiger partial charge in [0, 0.05) is 6.26 Å². The van der Waals surface area contributed by atoms with Crippen LogP contribution in [-0.2, 0) is 9.84 Å². The third-order valence-electron chi connectivity index (χ3n) is 1.72. The van der Waals surface area contributed by atoms with E-state index in [1.54, 1.807) is 0 Å². The highest BCUT2D eigenvalue weighted by Crippen LogP contribution is 2.17. The van der Waals surface area contributed by atoms with Gasteiger partial charge in [-0.2, -0.15) is 0 Å². The lowest BCUT2D eigenvalue weighted by molar-refractivity contribution is 0.101. The predicted molar refractivity (Wildman–Crippen MR) is 58.3 cm³/mol. The summed E-state index contributed by atoms with van der Waals surface area (Å²) in [5.41, 5.74) is -0.232. The number of alkyl halides is 1. The average Bonchev–Trinajstić information content (AvgIpc) is 2.15. The SMILES string of the molecule is CS(=O)(=O)C(Br)C(=O)c1ccccc1F. The summed E-state index contributed by atoms with van der Waals surface area (Å²) >= 11 is 2.73. The van der Waals surface area contributed by atoms with Crippen molar-refractivity contribution in [3.63, 3.8) is 0 Å². The second kappa shape index (κ2) is 4.40. The maximum atomic E-state index is 13.2. The highest BCUT2D eigenvalue weighted by atomic mass is 79.9. The second-order valence-electron chi connectivity index (χ2n) is 2.99. The van der Waals surface area contributed by atoms with E-state index in [0.717, 1.165) is 12.3 Å². The number of halogens is 2. The lowest BCUT2D eigenvalue weighted by Gasteiger charge is -2.06. The van der Waals surface area contributed by atoms with Crippen molar-refractivity contribution in [1.82, 2.24) is 0 Å². The minimum absolute atomic E-state index is 0.232. The molecule has 1 unspecified atom stereocenters. The molecule has 0 saturated carbocycles. The summed E-state index contributed by atoms with van der Waals surface area (Å²) < 4.78 is 33.9. The van der Waals surface area contributed by atoms with E-state index in [4.69, 9.17) is 0 Å². The molecule has 0 aliphatic heterocycles. The van der Waals surface area contributed by atoms with Crippen LogP contribution in [-0.4, -0.2) is 24.6 Å². The number of benzene rings is 1. The monoisotopic (exact) mass is 294 g/mol. The first-order chi connectivity index (χ1) is 6.84. The number of hydrogen-bond donors (Lipinski definition) is 0. The summed E-state index contributed by atoms with van der Waals surface area (Å²) in [6, 6.07) is 5.25. The minimum Gasteiger partial charge on any atom is -0.292 e. The third kappa shape index (κ3) is 2.85. The highest BCUT2D eigenvalue weighted by molar-refractivity contribution is 9.11. The van der Waals surface area contributed by atoms with Crippen molar-refractivity contribution in [2.45, 2.75) is 4.16 Å². The molecule has 1 rings (SSSR count). The second-order valence-corrected chi connectivity index (χ2v) is 6.64. The van der Waals surface area contributed by atoms with E-state index in [-0.39, 0.29) is 5.56 Å². The molecule has 3 nitrogen and oxygen atoms in total. The number of rotatable bonds is 3. The summed E-state index contributed by atoms with van der Waals surface area (Å²) in [4.78, 5) is 11.5. The van der Waals surface area contributed by atoms with Crippen LogP contribution in [0.25, 0.3) is 0 Å². The largest absolute Gasteiger partial charge is 0.292 e. The molecular weight excluding hydrogens is 287 g/mol. The summed E-state index contributed by atoms with van der Waals surface area (Å²) in [5.74, 6) is -1.52. The number of sulfone groups is 1. The van der Waals surface area contributed by atoms with E-state index < -0.39 is 25.6 Å². The van der Waals surface area contributed by atoms with Gasteiger partial charge in [0.2, 0.25) is 0 Å². The van der Waals surface area contributed by atoms with Crippen molar-refractivity contribution in [3.05, 3.63) is 35.6 Å². The van der Waals surface area contributed by atoms with Gasteiger partial charge in [0.25, 0.3) is 0 Å². The topological polar surface area (TPSA) is 51.2 Å². The molecular formula is C9H8BrFO3S. The summed E-state index contributed by atoms with van der Waals surface area (Å²) in [6.07, 6.45) is 0.908. The van der Waals surface area contributed by atoms with Gasteiger partial charge in [-0.25, -0.2) is 12.8 Å². The first-order valence-electron chi connectivity index (χ1n) is 3.95. The van der Waals surface area contributed by atoms with E-state index in [0.29, 0.717) is 0 Å². The Balaban J connectivity index is 3.12. The van der Waals surface area contributed by atoms with Gasteiger partial charge in [-0.3, -0.25) is 4.79 Å². The number of ketones is 1. The molecule has 0 saturated heterocycles. The van der Waals surface area contributed by atoms with Gasteiger partial charge in [-0.15, -0.1) is 0 Å². The quantitative estimate of drug-likeness (QED) is 0.631. The Hall–Kier alpha value is -0.750. The third-order valence-corrected chi connectivity index (χ3v) is 5.14. The summed E-state index contributed by atoms with van der Waals surface area (Å²) in [6.45, 7) is 0. The molecule has 15 heavy (non-hydrogen) atoms. The van der Waals surface area contributed by atoms with Crippen molar-refractivity contribution in [1.29, 1.82) is 0 Å². The van der Waals surface area contributed by atoms with Crippen molar-refractivity contribution in [3.8, 4) is 0 Å². The highest BCUT2D eigenvalue weighted by Gasteiger charge is 2.28. The predicted octanol–water partition coefficient (Wildman–Crippen LogP) is 1.77. The van der Waals surface area contributed by atoms with E-state index in [1.165, 1.54) is 18.2 Å². The zero-order chi connectivity index (χ0) is 11.6. The van der Waals surface area contributed by atoms with Gasteiger partial charge in [-0.1, -0.05) is 28.1 Å². The van der Waals surface area contributed by atoms with Crippen LogP contribution in [0.1, 0.15) is 10.4 Å². The number of hydrogen-bond acceptors (Lipinski definition) is 3. The fraction of sp³-hybridized carbons (Fsp3) is 0.222. The smallest absolute Gasteiger partial charge is 0.194 e. The fourth-order valence-electron chi connectivity index (χ4n) is 0.978. The summed E-state index contributed by atoms with van der Waals surface area (Å²) in [7, 11) is -3.57. The first kappa shape index (κ1) is 12.3. The van der Waals surface area contributed by atoms with Crippen LogP contribution in [0.2, 0.25) is 0 Å². The Morgan fingerprint density at radius 1 is 1.40 bits per heavy atom. The molecule has 0 radical (unpaired) electrons. The molecule has 0 bridgehead atoms. The van der Waals surface area contributed by atoms with Gasteiger partial charge in [-0.05, 0) is 12.1 Å². The molecule has 0 spiro atoms. The molecule has 0 aliphatic rings. The Labute approximate surface area is 95.3 Å². The summed E-state index contributed by atoms with van der Waals surface area (Å²) in [5, 5.41) is 0. The fourth-order valence-corrected chi connectivity index (χ4v) is 1.74. The van der Waals surface area contributed by atoms with Gasteiger partial charge >= 0.3 is 0 Å². The zero-order valence-corrected chi connectivity index (χ0v) is 10.2. The zero-order valence-electron chi connectivity index (χ0n) is 7.78. The molecule has 1 aromatic carbocycles. The van der Waals surface area contributed by atoms with E-state index >= 15 is 0 Å². The molecule has 0 aliphatic carbocycles. The normalized spacial score (nSPS) is 13.5. The Bertz CT molecular complexity index is 484. The van der Waals surface area contributed by atoms with Crippen molar-refractivity contribution >= 4 is 31.6 Å². The van der Waals surface area contributed by atoms with Gasteiger partial charge in [0.1, 0.15) is 5.82 Å². The molecule has 1 aromatic rings. The van der Waals surface area contributed by atoms with Gasteiger partial charge < -0.3 is 0 Å². The molecule has 0 amide bonds. The van der Waals surface area contributed by atoms with Crippen LogP contribution in [0.5, 0.6) is 0 Å². The van der Waals surface area contributed by atoms with Crippen molar-refractivity contribution in [2.24, 2.45) is 0 Å². The van der Waals surface area contributed by atoms with Crippen molar-refractivity contribution in [2.75, 3.05) is 6.26 Å². The molecule has 82 valence electrons. The molecule has 0 heterocycles. The number of carbonyl (C=O) groups is 1. The molecule has 6 heteroatoms. The van der Waals surface area contributed by atoms with Crippen LogP contribution >= 0.6 is 15.9 Å². The van der Waals surface area contributed by atoms with Crippen LogP contribution in [0.15, 0.2) is 24.3 Å². The van der Waals surface area contributed by atoms with Crippen LogP contribution < -0.4 is 0 Å². The van der Waals surface area contributed by atoms with Crippen LogP contribution in [0.4, 0.5) is 4.39 Å². The van der Waals surface area contributed by atoms with Gasteiger partial charge in [0.15, 0.2) is 19.8 Å². The van der Waals surface area contributed by atoms with E-state index in [1.807, 2.05) is 0 Å². The number of carbonyl (C=O) groups excluding carboxylic acids is 1. The standard InChI is InChI=1S/C9H8BrFO3S/c1-15(13,14)9(10)8(12)6-4-2-3-5-7(6)11/h2-5,9H,1H3. The average molecular weight is 295 g/mol. The number of Topliss-reactive ketones (excluding diaryl/α,β-unsaturated/α-hetero) is 1. The maximum Gasteiger partial charge on any atom is 0.194 e. The lowest BCUT2D eigenvalue weighted by Crippen LogP contribution is -2.24. The Morgan fingerprint density at radius 2 is 1.93 bits per heavy atom. The molecule has 1 atom stereocenters. The molecule has 0 fully saturated rings. The molecule has 0 N–H and O–H groups in total. The van der Waals surface area contributed by atoms with Crippen LogP contribution in [0.3, 0.4) is 0 Å².